The van der Waals surface area contributed by atoms with E-state index in [0.717, 1.165) is 19.3 Å². The number of benzene rings is 1. The Morgan fingerprint density at radius 2 is 1.95 bits per heavy atom. The van der Waals surface area contributed by atoms with Gasteiger partial charge in [-0.05, 0) is 31.9 Å². The number of hydrogen-bond acceptors (Lipinski definition) is 4. The lowest BCUT2D eigenvalue weighted by molar-refractivity contribution is -0.140. The second-order valence-electron chi connectivity index (χ2n) is 4.87. The number of carbonyl (C=O) groups excluding carboxylic acids is 2. The van der Waals surface area contributed by atoms with Crippen LogP contribution in [0, 0.1) is 0 Å². The molecule has 1 unspecified atom stereocenters. The van der Waals surface area contributed by atoms with Crippen molar-refractivity contribution in [3.63, 3.8) is 0 Å². The van der Waals surface area contributed by atoms with E-state index in [2.05, 4.69) is 10.1 Å². The number of halogens is 1. The summed E-state index contributed by atoms with van der Waals surface area (Å²) < 4.78 is 10.1. The number of carbonyl (C=O) groups is 2. The number of rotatable bonds is 9. The summed E-state index contributed by atoms with van der Waals surface area (Å²) in [5.41, 5.74) is 0. The van der Waals surface area contributed by atoms with E-state index in [1.54, 1.807) is 31.2 Å². The van der Waals surface area contributed by atoms with Crippen LogP contribution in [0.3, 0.4) is 0 Å². The van der Waals surface area contributed by atoms with Gasteiger partial charge in [-0.1, -0.05) is 30.2 Å². The van der Waals surface area contributed by atoms with Crippen molar-refractivity contribution in [3.8, 4) is 5.75 Å². The fourth-order valence-electron chi connectivity index (χ4n) is 1.81. The molecule has 1 aromatic carbocycles. The van der Waals surface area contributed by atoms with Crippen LogP contribution in [0.5, 0.6) is 5.75 Å². The summed E-state index contributed by atoms with van der Waals surface area (Å²) in [5, 5.41) is 3.28. The first-order chi connectivity index (χ1) is 10.5. The van der Waals surface area contributed by atoms with Crippen molar-refractivity contribution in [2.75, 3.05) is 13.7 Å². The van der Waals surface area contributed by atoms with Gasteiger partial charge in [0.05, 0.1) is 12.1 Å². The number of ether oxygens (including phenoxy) is 2. The molecule has 0 aliphatic heterocycles. The summed E-state index contributed by atoms with van der Waals surface area (Å²) in [7, 11) is 1.38. The maximum atomic E-state index is 11.9. The number of hydrogen-bond donors (Lipinski definition) is 1. The highest BCUT2D eigenvalue weighted by Crippen LogP contribution is 2.24. The van der Waals surface area contributed by atoms with E-state index in [4.69, 9.17) is 16.3 Å². The van der Waals surface area contributed by atoms with Crippen molar-refractivity contribution in [1.29, 1.82) is 0 Å². The number of esters is 1. The zero-order valence-corrected chi connectivity index (χ0v) is 13.7. The largest absolute Gasteiger partial charge is 0.479 e. The van der Waals surface area contributed by atoms with Crippen molar-refractivity contribution >= 4 is 23.5 Å². The van der Waals surface area contributed by atoms with Crippen LogP contribution >= 0.6 is 11.6 Å². The maximum Gasteiger partial charge on any atom is 0.305 e. The Morgan fingerprint density at radius 1 is 1.23 bits per heavy atom. The van der Waals surface area contributed by atoms with Crippen molar-refractivity contribution in [2.45, 2.75) is 38.7 Å². The van der Waals surface area contributed by atoms with E-state index in [9.17, 15) is 9.59 Å². The lowest BCUT2D eigenvalue weighted by Gasteiger charge is -2.15. The van der Waals surface area contributed by atoms with Crippen LogP contribution in [0.15, 0.2) is 24.3 Å². The molecule has 0 saturated carbocycles. The molecule has 1 N–H and O–H groups in total. The molecular formula is C16H22ClNO4. The molecule has 0 spiro atoms. The Morgan fingerprint density at radius 3 is 2.64 bits per heavy atom. The van der Waals surface area contributed by atoms with Crippen molar-refractivity contribution in [3.05, 3.63) is 29.3 Å². The van der Waals surface area contributed by atoms with Crippen molar-refractivity contribution in [2.24, 2.45) is 0 Å². The monoisotopic (exact) mass is 327 g/mol. The summed E-state index contributed by atoms with van der Waals surface area (Å²) in [6.07, 6.45) is 2.22. The van der Waals surface area contributed by atoms with Gasteiger partial charge < -0.3 is 14.8 Å². The van der Waals surface area contributed by atoms with Gasteiger partial charge in [-0.15, -0.1) is 0 Å². The minimum absolute atomic E-state index is 0.187. The molecule has 0 aromatic heterocycles. The molecule has 1 rings (SSSR count). The summed E-state index contributed by atoms with van der Waals surface area (Å²) in [6, 6.07) is 7.03. The predicted molar refractivity (Wildman–Crippen MR) is 85.0 cm³/mol. The molecule has 0 fully saturated rings. The van der Waals surface area contributed by atoms with Crippen LogP contribution in [0.1, 0.15) is 32.6 Å². The molecule has 0 saturated heterocycles. The third-order valence-electron chi connectivity index (χ3n) is 3.09. The molecule has 22 heavy (non-hydrogen) atoms. The SMILES string of the molecule is COC(=O)CCCCCNC(=O)C(C)Oc1ccccc1Cl. The third-order valence-corrected chi connectivity index (χ3v) is 3.41. The molecule has 122 valence electrons. The summed E-state index contributed by atoms with van der Waals surface area (Å²) in [6.45, 7) is 2.23. The highest BCUT2D eigenvalue weighted by molar-refractivity contribution is 6.32. The van der Waals surface area contributed by atoms with Gasteiger partial charge in [0.15, 0.2) is 6.10 Å². The van der Waals surface area contributed by atoms with Crippen LogP contribution in [-0.4, -0.2) is 31.6 Å². The quantitative estimate of drug-likeness (QED) is 0.559. The highest BCUT2D eigenvalue weighted by Gasteiger charge is 2.15. The third kappa shape index (κ3) is 6.80. The van der Waals surface area contributed by atoms with E-state index >= 15 is 0 Å². The van der Waals surface area contributed by atoms with E-state index in [0.29, 0.717) is 23.7 Å². The fraction of sp³-hybridized carbons (Fsp3) is 0.500. The van der Waals surface area contributed by atoms with E-state index in [-0.39, 0.29) is 11.9 Å². The van der Waals surface area contributed by atoms with Crippen molar-refractivity contribution < 1.29 is 19.1 Å². The summed E-state index contributed by atoms with van der Waals surface area (Å²) in [5.74, 6) is 0.101. The van der Waals surface area contributed by atoms with Gasteiger partial charge in [0, 0.05) is 13.0 Å². The van der Waals surface area contributed by atoms with Crippen LogP contribution in [0.4, 0.5) is 0 Å². The van der Waals surface area contributed by atoms with E-state index in [1.807, 2.05) is 0 Å². The van der Waals surface area contributed by atoms with Gasteiger partial charge in [-0.3, -0.25) is 9.59 Å². The van der Waals surface area contributed by atoms with Gasteiger partial charge in [0.1, 0.15) is 5.75 Å². The number of para-hydroxylation sites is 1. The molecule has 0 bridgehead atoms. The van der Waals surface area contributed by atoms with Crippen LogP contribution in [0.2, 0.25) is 5.02 Å². The average Bonchev–Trinajstić information content (AvgIpc) is 2.52. The molecule has 1 aromatic rings. The van der Waals surface area contributed by atoms with Crippen LogP contribution in [0.25, 0.3) is 0 Å². The molecule has 0 aliphatic carbocycles. The zero-order chi connectivity index (χ0) is 16.4. The van der Waals surface area contributed by atoms with Gasteiger partial charge >= 0.3 is 5.97 Å². The first kappa shape index (κ1) is 18.3. The maximum absolute atomic E-state index is 11.9. The predicted octanol–water partition coefficient (Wildman–Crippen LogP) is 2.96. The molecule has 5 nitrogen and oxygen atoms in total. The number of unbranched alkanes of at least 4 members (excludes halogenated alkanes) is 2. The first-order valence-electron chi connectivity index (χ1n) is 7.30. The van der Waals surface area contributed by atoms with Crippen molar-refractivity contribution in [1.82, 2.24) is 5.32 Å². The molecule has 0 aliphatic rings. The number of amides is 1. The highest BCUT2D eigenvalue weighted by atomic mass is 35.5. The molecule has 1 atom stereocenters. The second-order valence-corrected chi connectivity index (χ2v) is 5.28. The minimum Gasteiger partial charge on any atom is -0.479 e. The zero-order valence-electron chi connectivity index (χ0n) is 12.9. The minimum atomic E-state index is -0.616. The standard InChI is InChI=1S/C16H22ClNO4/c1-12(22-14-9-6-5-8-13(14)17)16(20)18-11-7-3-4-10-15(19)21-2/h5-6,8-9,12H,3-4,7,10-11H2,1-2H3,(H,18,20). The Bertz CT molecular complexity index is 493. The average molecular weight is 328 g/mol. The lowest BCUT2D eigenvalue weighted by Crippen LogP contribution is -2.36. The Kier molecular flexibility index (Phi) is 8.36. The van der Waals surface area contributed by atoms with Crippen LogP contribution < -0.4 is 10.1 Å². The second kappa shape index (κ2) is 10.1. The van der Waals surface area contributed by atoms with Gasteiger partial charge in [0.25, 0.3) is 5.91 Å². The topological polar surface area (TPSA) is 64.6 Å². The van der Waals surface area contributed by atoms with Crippen LogP contribution in [-0.2, 0) is 14.3 Å². The van der Waals surface area contributed by atoms with Gasteiger partial charge in [-0.25, -0.2) is 0 Å². The Balaban J connectivity index is 2.19. The van der Waals surface area contributed by atoms with E-state index in [1.165, 1.54) is 7.11 Å². The first-order valence-corrected chi connectivity index (χ1v) is 7.68. The number of methoxy groups -OCH3 is 1. The van der Waals surface area contributed by atoms with Gasteiger partial charge in [0.2, 0.25) is 0 Å². The Labute approximate surface area is 135 Å². The Hall–Kier alpha value is -1.75. The summed E-state index contributed by atoms with van der Waals surface area (Å²) >= 11 is 5.98. The number of nitrogens with one attached hydrogen (secondary N) is 1. The smallest absolute Gasteiger partial charge is 0.305 e. The molecular weight excluding hydrogens is 306 g/mol. The molecule has 1 amide bonds. The fourth-order valence-corrected chi connectivity index (χ4v) is 1.99. The van der Waals surface area contributed by atoms with Gasteiger partial charge in [-0.2, -0.15) is 0 Å². The molecule has 0 radical (unpaired) electrons. The normalized spacial score (nSPS) is 11.6. The summed E-state index contributed by atoms with van der Waals surface area (Å²) in [4.78, 5) is 22.8. The molecule has 6 heteroatoms. The lowest BCUT2D eigenvalue weighted by atomic mass is 10.2. The molecule has 0 heterocycles. The van der Waals surface area contributed by atoms with E-state index < -0.39 is 6.10 Å².